The first-order valence-corrected chi connectivity index (χ1v) is 6.99. The predicted octanol–water partition coefficient (Wildman–Crippen LogP) is 3.96. The highest BCUT2D eigenvalue weighted by Gasteiger charge is 2.19. The monoisotopic (exact) mass is 331 g/mol. The molecule has 0 fully saturated rings. The van der Waals surface area contributed by atoms with Gasteiger partial charge in [-0.2, -0.15) is 0 Å². The number of nitrogens with one attached hydrogen (secondary N) is 1. The molecule has 0 aromatic heterocycles. The Morgan fingerprint density at radius 3 is 2.25 bits per heavy atom. The van der Waals surface area contributed by atoms with Crippen LogP contribution in [-0.4, -0.2) is 12.6 Å². The second-order valence-electron chi connectivity index (χ2n) is 5.25. The molecule has 1 aromatic rings. The molecule has 0 heterocycles. The lowest BCUT2D eigenvalue weighted by atomic mass is 9.81. The van der Waals surface area contributed by atoms with E-state index in [2.05, 4.69) is 79.9 Å². The van der Waals surface area contributed by atoms with Crippen LogP contribution in [0.15, 0.2) is 24.3 Å². The maximum absolute atomic E-state index is 3.48. The highest BCUT2D eigenvalue weighted by Crippen LogP contribution is 2.26. The molecule has 1 aromatic carbocycles. The Labute approximate surface area is 113 Å². The number of benzene rings is 1. The minimum Gasteiger partial charge on any atom is -0.315 e. The van der Waals surface area contributed by atoms with Crippen molar-refractivity contribution in [3.05, 3.63) is 33.4 Å². The molecule has 16 heavy (non-hydrogen) atoms. The fourth-order valence-corrected chi connectivity index (χ4v) is 2.08. The Balaban J connectivity index is 2.59. The van der Waals surface area contributed by atoms with Crippen LogP contribution in [-0.2, 0) is 5.41 Å². The second kappa shape index (κ2) is 6.01. The van der Waals surface area contributed by atoms with Crippen molar-refractivity contribution < 1.29 is 0 Å². The minimum atomic E-state index is 0.256. The second-order valence-corrected chi connectivity index (χ2v) is 6.50. The van der Waals surface area contributed by atoms with Crippen molar-refractivity contribution in [2.24, 2.45) is 0 Å². The first-order valence-electron chi connectivity index (χ1n) is 5.91. The molecule has 1 rings (SSSR count). The van der Waals surface area contributed by atoms with Crippen LogP contribution in [0.3, 0.4) is 0 Å². The molecule has 0 aliphatic heterocycles. The molecule has 0 aliphatic rings. The van der Waals surface area contributed by atoms with Crippen LogP contribution in [0.1, 0.15) is 39.7 Å². The highest BCUT2D eigenvalue weighted by molar-refractivity contribution is 14.1. The van der Waals surface area contributed by atoms with Gasteiger partial charge in [-0.05, 0) is 58.7 Å². The van der Waals surface area contributed by atoms with Gasteiger partial charge in [0.25, 0.3) is 0 Å². The van der Waals surface area contributed by atoms with E-state index in [-0.39, 0.29) is 5.41 Å². The van der Waals surface area contributed by atoms with Gasteiger partial charge in [-0.1, -0.05) is 39.8 Å². The van der Waals surface area contributed by atoms with Gasteiger partial charge in [-0.25, -0.2) is 0 Å². The first kappa shape index (κ1) is 14.0. The Bertz CT molecular complexity index is 314. The zero-order chi connectivity index (χ0) is 12.2. The zero-order valence-corrected chi connectivity index (χ0v) is 12.8. The molecule has 0 spiro atoms. The van der Waals surface area contributed by atoms with Gasteiger partial charge in [0.05, 0.1) is 0 Å². The van der Waals surface area contributed by atoms with E-state index in [1.807, 2.05) is 0 Å². The summed E-state index contributed by atoms with van der Waals surface area (Å²) < 4.78 is 1.30. The molecule has 90 valence electrons. The molecule has 0 bridgehead atoms. The predicted molar refractivity (Wildman–Crippen MR) is 79.9 cm³/mol. The number of rotatable bonds is 5. The SMILES string of the molecule is CC(C)NCCC(C)(C)c1ccc(I)cc1. The normalized spacial score (nSPS) is 12.1. The van der Waals surface area contributed by atoms with Crippen LogP contribution in [0.4, 0.5) is 0 Å². The molecule has 2 heteroatoms. The Morgan fingerprint density at radius 1 is 1.19 bits per heavy atom. The quantitative estimate of drug-likeness (QED) is 0.806. The molecule has 0 atom stereocenters. The van der Waals surface area contributed by atoms with Crippen LogP contribution in [0.5, 0.6) is 0 Å². The third-order valence-electron chi connectivity index (χ3n) is 2.93. The van der Waals surface area contributed by atoms with E-state index in [1.165, 1.54) is 15.6 Å². The molecule has 1 N–H and O–H groups in total. The van der Waals surface area contributed by atoms with Gasteiger partial charge in [0.15, 0.2) is 0 Å². The van der Waals surface area contributed by atoms with Gasteiger partial charge in [-0.15, -0.1) is 0 Å². The summed E-state index contributed by atoms with van der Waals surface area (Å²) in [4.78, 5) is 0. The number of hydrogen-bond acceptors (Lipinski definition) is 1. The van der Waals surface area contributed by atoms with Crippen molar-refractivity contribution in [1.82, 2.24) is 5.32 Å². The van der Waals surface area contributed by atoms with Crippen molar-refractivity contribution in [3.63, 3.8) is 0 Å². The van der Waals surface area contributed by atoms with Gasteiger partial charge < -0.3 is 5.32 Å². The summed E-state index contributed by atoms with van der Waals surface area (Å²) >= 11 is 2.35. The molecule has 0 amide bonds. The van der Waals surface area contributed by atoms with Gasteiger partial charge in [0.1, 0.15) is 0 Å². The summed E-state index contributed by atoms with van der Waals surface area (Å²) in [6.45, 7) is 10.1. The van der Waals surface area contributed by atoms with Crippen molar-refractivity contribution in [2.75, 3.05) is 6.54 Å². The Kier molecular flexibility index (Phi) is 5.25. The lowest BCUT2D eigenvalue weighted by Crippen LogP contribution is -2.29. The largest absolute Gasteiger partial charge is 0.315 e. The van der Waals surface area contributed by atoms with E-state index in [0.717, 1.165) is 6.54 Å². The molecule has 0 saturated carbocycles. The van der Waals surface area contributed by atoms with Gasteiger partial charge in [-0.3, -0.25) is 0 Å². The molecular formula is C14H22IN. The molecule has 0 aliphatic carbocycles. The zero-order valence-electron chi connectivity index (χ0n) is 10.7. The maximum atomic E-state index is 3.48. The summed E-state index contributed by atoms with van der Waals surface area (Å²) in [5.41, 5.74) is 1.69. The molecule has 0 unspecified atom stereocenters. The van der Waals surface area contributed by atoms with E-state index in [0.29, 0.717) is 6.04 Å². The summed E-state index contributed by atoms with van der Waals surface area (Å²) in [6.07, 6.45) is 1.17. The average Bonchev–Trinajstić information content (AvgIpc) is 2.17. The third-order valence-corrected chi connectivity index (χ3v) is 3.65. The van der Waals surface area contributed by atoms with Crippen LogP contribution in [0, 0.1) is 3.57 Å². The van der Waals surface area contributed by atoms with Crippen LogP contribution < -0.4 is 5.32 Å². The van der Waals surface area contributed by atoms with E-state index in [4.69, 9.17) is 0 Å². The average molecular weight is 331 g/mol. The molecule has 1 nitrogen and oxygen atoms in total. The van der Waals surface area contributed by atoms with E-state index >= 15 is 0 Å². The van der Waals surface area contributed by atoms with Crippen molar-refractivity contribution in [3.8, 4) is 0 Å². The van der Waals surface area contributed by atoms with Crippen molar-refractivity contribution >= 4 is 22.6 Å². The minimum absolute atomic E-state index is 0.256. The van der Waals surface area contributed by atoms with Gasteiger partial charge >= 0.3 is 0 Å². The fourth-order valence-electron chi connectivity index (χ4n) is 1.72. The smallest absolute Gasteiger partial charge is 0.0130 e. The Morgan fingerprint density at radius 2 is 1.75 bits per heavy atom. The molecular weight excluding hydrogens is 309 g/mol. The number of hydrogen-bond donors (Lipinski definition) is 1. The summed E-state index contributed by atoms with van der Waals surface area (Å²) in [6, 6.07) is 9.45. The molecule has 0 saturated heterocycles. The van der Waals surface area contributed by atoms with Gasteiger partial charge in [0, 0.05) is 9.61 Å². The summed E-state index contributed by atoms with van der Waals surface area (Å²) in [5, 5.41) is 3.48. The highest BCUT2D eigenvalue weighted by atomic mass is 127. The van der Waals surface area contributed by atoms with Crippen LogP contribution >= 0.6 is 22.6 Å². The van der Waals surface area contributed by atoms with E-state index in [9.17, 15) is 0 Å². The van der Waals surface area contributed by atoms with E-state index in [1.54, 1.807) is 0 Å². The fraction of sp³-hybridized carbons (Fsp3) is 0.571. The Hall–Kier alpha value is -0.0900. The number of halogens is 1. The van der Waals surface area contributed by atoms with Gasteiger partial charge in [0.2, 0.25) is 0 Å². The van der Waals surface area contributed by atoms with Crippen molar-refractivity contribution in [1.29, 1.82) is 0 Å². The third kappa shape index (κ3) is 4.42. The lowest BCUT2D eigenvalue weighted by Gasteiger charge is -2.26. The summed E-state index contributed by atoms with van der Waals surface area (Å²) in [7, 11) is 0. The standard InChI is InChI=1S/C14H22IN/c1-11(2)16-10-9-14(3,4)12-5-7-13(15)8-6-12/h5-8,11,16H,9-10H2,1-4H3. The van der Waals surface area contributed by atoms with Crippen molar-refractivity contribution in [2.45, 2.75) is 45.6 Å². The molecule has 0 radical (unpaired) electrons. The topological polar surface area (TPSA) is 12.0 Å². The van der Waals surface area contributed by atoms with Crippen LogP contribution in [0.25, 0.3) is 0 Å². The maximum Gasteiger partial charge on any atom is 0.0130 e. The van der Waals surface area contributed by atoms with Crippen LogP contribution in [0.2, 0.25) is 0 Å². The first-order chi connectivity index (χ1) is 7.42. The lowest BCUT2D eigenvalue weighted by molar-refractivity contribution is 0.441. The van der Waals surface area contributed by atoms with E-state index < -0.39 is 0 Å². The summed E-state index contributed by atoms with van der Waals surface area (Å²) in [5.74, 6) is 0.